The van der Waals surface area contributed by atoms with Crippen molar-refractivity contribution in [3.63, 3.8) is 0 Å². The molecule has 0 unspecified atom stereocenters. The van der Waals surface area contributed by atoms with Crippen LogP contribution in [-0.2, 0) is 11.2 Å². The predicted molar refractivity (Wildman–Crippen MR) is 120 cm³/mol. The lowest BCUT2D eigenvalue weighted by Gasteiger charge is -2.32. The number of halogens is 5. The average Bonchev–Trinajstić information content (AvgIpc) is 2.86. The molecule has 2 fully saturated rings. The van der Waals surface area contributed by atoms with Gasteiger partial charge in [-0.15, -0.1) is 0 Å². The summed E-state index contributed by atoms with van der Waals surface area (Å²) >= 11 is 0. The minimum Gasteiger partial charge on any atom is -0.342 e. The Hall–Kier alpha value is -1.78. The summed E-state index contributed by atoms with van der Waals surface area (Å²) in [4.78, 5) is 13.8. The van der Waals surface area contributed by atoms with Crippen molar-refractivity contribution in [3.8, 4) is 0 Å². The summed E-state index contributed by atoms with van der Waals surface area (Å²) in [6.07, 6.45) is 5.30. The molecule has 10 heteroatoms. The molecule has 5 nitrogen and oxygen atoms in total. The predicted octanol–water partition coefficient (Wildman–Crippen LogP) is 3.12. The van der Waals surface area contributed by atoms with Gasteiger partial charge in [-0.2, -0.15) is 0 Å². The van der Waals surface area contributed by atoms with Crippen LogP contribution >= 0.6 is 0 Å². The fourth-order valence-corrected chi connectivity index (χ4v) is 4.65. The topological polar surface area (TPSA) is 56.4 Å². The van der Waals surface area contributed by atoms with Gasteiger partial charge in [-0.3, -0.25) is 4.79 Å². The van der Waals surface area contributed by atoms with Crippen molar-refractivity contribution in [2.75, 3.05) is 52.4 Å². The van der Waals surface area contributed by atoms with Crippen LogP contribution in [0.5, 0.6) is 0 Å². The number of hydrogen-bond donors (Lipinski definition) is 3. The number of amides is 1. The molecule has 2 aliphatic heterocycles. The van der Waals surface area contributed by atoms with Crippen LogP contribution in [0.1, 0.15) is 44.1 Å². The summed E-state index contributed by atoms with van der Waals surface area (Å²) in [5.74, 6) is -9.60. The first-order chi connectivity index (χ1) is 16.4. The lowest BCUT2D eigenvalue weighted by molar-refractivity contribution is -0.131. The van der Waals surface area contributed by atoms with E-state index in [2.05, 4.69) is 16.0 Å². The molecule has 0 aliphatic carbocycles. The fourth-order valence-electron chi connectivity index (χ4n) is 4.65. The molecule has 0 radical (unpaired) electrons. The molecule has 1 amide bonds. The van der Waals surface area contributed by atoms with E-state index < -0.39 is 47.0 Å². The molecular weight excluding hydrogens is 455 g/mol. The monoisotopic (exact) mass is 490 g/mol. The van der Waals surface area contributed by atoms with Crippen LogP contribution in [0.2, 0.25) is 0 Å². The summed E-state index contributed by atoms with van der Waals surface area (Å²) in [6, 6.07) is 0. The van der Waals surface area contributed by atoms with E-state index in [-0.39, 0.29) is 0 Å². The van der Waals surface area contributed by atoms with Gasteiger partial charge in [0.25, 0.3) is 0 Å². The van der Waals surface area contributed by atoms with Crippen LogP contribution in [0, 0.1) is 40.9 Å². The van der Waals surface area contributed by atoms with E-state index in [1.807, 2.05) is 0 Å². The summed E-state index contributed by atoms with van der Waals surface area (Å²) in [5.41, 5.74) is -1.07. The Bertz CT molecular complexity index is 782. The number of nitrogens with zero attached hydrogens (tertiary/aromatic N) is 1. The van der Waals surface area contributed by atoms with Crippen LogP contribution in [0.15, 0.2) is 0 Å². The molecule has 0 atom stereocenters. The van der Waals surface area contributed by atoms with Crippen molar-refractivity contribution in [2.24, 2.45) is 11.8 Å². The lowest BCUT2D eigenvalue weighted by Crippen LogP contribution is -2.41. The van der Waals surface area contributed by atoms with Gasteiger partial charge >= 0.3 is 0 Å². The third-order valence-corrected chi connectivity index (χ3v) is 6.88. The van der Waals surface area contributed by atoms with Crippen LogP contribution in [0.25, 0.3) is 0 Å². The van der Waals surface area contributed by atoms with Gasteiger partial charge in [0, 0.05) is 18.7 Å². The van der Waals surface area contributed by atoms with Crippen LogP contribution in [0.3, 0.4) is 0 Å². The van der Waals surface area contributed by atoms with Gasteiger partial charge < -0.3 is 20.9 Å². The first-order valence-corrected chi connectivity index (χ1v) is 12.3. The highest BCUT2D eigenvalue weighted by Crippen LogP contribution is 2.25. The number of hydrogen-bond acceptors (Lipinski definition) is 4. The number of carbonyl (C=O) groups is 1. The highest BCUT2D eigenvalue weighted by molar-refractivity contribution is 5.79. The minimum atomic E-state index is -2.21. The molecule has 1 aromatic carbocycles. The molecule has 3 N–H and O–H groups in total. The van der Waals surface area contributed by atoms with E-state index >= 15 is 0 Å². The van der Waals surface area contributed by atoms with Crippen molar-refractivity contribution >= 4 is 5.91 Å². The van der Waals surface area contributed by atoms with Gasteiger partial charge in [0.15, 0.2) is 23.3 Å². The third kappa shape index (κ3) is 7.36. The van der Waals surface area contributed by atoms with E-state index in [1.54, 1.807) is 0 Å². The standard InChI is InChI=1S/C24H35F5N4O/c25-20-18(21(26)23(28)24(29)22(20)27)13-19(34)33-11-5-17(6-12-33)15-32-8-2-1-7-31-14-16-3-9-30-10-4-16/h16-17,30-32H,1-15H2. The zero-order valence-corrected chi connectivity index (χ0v) is 19.5. The molecule has 0 saturated carbocycles. The van der Waals surface area contributed by atoms with Crippen LogP contribution in [0.4, 0.5) is 22.0 Å². The first kappa shape index (κ1) is 26.8. The Morgan fingerprint density at radius 2 is 1.24 bits per heavy atom. The number of benzene rings is 1. The largest absolute Gasteiger partial charge is 0.342 e. The summed E-state index contributed by atoms with van der Waals surface area (Å²) in [5, 5.41) is 10.4. The maximum atomic E-state index is 13.8. The molecule has 2 aliphatic rings. The van der Waals surface area contributed by atoms with Gasteiger partial charge in [-0.05, 0) is 89.6 Å². The quantitative estimate of drug-likeness (QED) is 0.193. The Morgan fingerprint density at radius 3 is 1.76 bits per heavy atom. The van der Waals surface area contributed by atoms with Gasteiger partial charge in [0.2, 0.25) is 11.7 Å². The molecule has 0 aromatic heterocycles. The minimum absolute atomic E-state index is 0.385. The molecule has 192 valence electrons. The van der Waals surface area contributed by atoms with Crippen molar-refractivity contribution in [1.29, 1.82) is 0 Å². The second-order valence-corrected chi connectivity index (χ2v) is 9.36. The van der Waals surface area contributed by atoms with Crippen molar-refractivity contribution in [1.82, 2.24) is 20.9 Å². The Labute approximate surface area is 197 Å². The Morgan fingerprint density at radius 1 is 0.765 bits per heavy atom. The highest BCUT2D eigenvalue weighted by Gasteiger charge is 2.29. The van der Waals surface area contributed by atoms with E-state index in [1.165, 1.54) is 17.7 Å². The average molecular weight is 491 g/mol. The van der Waals surface area contributed by atoms with Gasteiger partial charge in [0.05, 0.1) is 6.42 Å². The Balaban J connectivity index is 1.28. The summed E-state index contributed by atoms with van der Waals surface area (Å²) in [7, 11) is 0. The fraction of sp³-hybridized carbons (Fsp3) is 0.708. The van der Waals surface area contributed by atoms with Crippen LogP contribution in [-0.4, -0.2) is 63.2 Å². The molecule has 0 bridgehead atoms. The van der Waals surface area contributed by atoms with Crippen LogP contribution < -0.4 is 16.0 Å². The number of carbonyl (C=O) groups excluding carboxylic acids is 1. The molecule has 2 saturated heterocycles. The zero-order valence-electron chi connectivity index (χ0n) is 19.5. The SMILES string of the molecule is O=C(Cc1c(F)c(F)c(F)c(F)c1F)N1CCC(CNCCCCNCC2CCNCC2)CC1. The van der Waals surface area contributed by atoms with Gasteiger partial charge in [-0.1, -0.05) is 0 Å². The van der Waals surface area contributed by atoms with Gasteiger partial charge in [-0.25, -0.2) is 22.0 Å². The van der Waals surface area contributed by atoms with E-state index in [4.69, 9.17) is 0 Å². The second-order valence-electron chi connectivity index (χ2n) is 9.36. The van der Waals surface area contributed by atoms with Crippen molar-refractivity contribution in [3.05, 3.63) is 34.6 Å². The lowest BCUT2D eigenvalue weighted by atomic mass is 9.96. The molecule has 1 aromatic rings. The smallest absolute Gasteiger partial charge is 0.227 e. The number of rotatable bonds is 11. The maximum Gasteiger partial charge on any atom is 0.227 e. The van der Waals surface area contributed by atoms with Gasteiger partial charge in [0.1, 0.15) is 0 Å². The number of nitrogens with one attached hydrogen (secondary N) is 3. The molecular formula is C24H35F5N4O. The number of unbranched alkanes of at least 4 members (excludes halogenated alkanes) is 1. The molecule has 0 spiro atoms. The van der Waals surface area contributed by atoms with Crippen molar-refractivity contribution in [2.45, 2.75) is 44.9 Å². The molecule has 2 heterocycles. The zero-order chi connectivity index (χ0) is 24.5. The Kier molecular flexibility index (Phi) is 10.5. The third-order valence-electron chi connectivity index (χ3n) is 6.88. The summed E-state index contributed by atoms with van der Waals surface area (Å²) in [6.45, 7) is 6.92. The van der Waals surface area contributed by atoms with E-state index in [9.17, 15) is 26.7 Å². The summed E-state index contributed by atoms with van der Waals surface area (Å²) < 4.78 is 67.6. The molecule has 34 heavy (non-hydrogen) atoms. The molecule has 3 rings (SSSR count). The normalized spacial score (nSPS) is 18.0. The van der Waals surface area contributed by atoms with E-state index in [0.717, 1.165) is 70.9 Å². The van der Waals surface area contributed by atoms with E-state index in [0.29, 0.717) is 19.0 Å². The first-order valence-electron chi connectivity index (χ1n) is 12.3. The maximum absolute atomic E-state index is 13.8. The second kappa shape index (κ2) is 13.3. The number of piperidine rings is 2. The van der Waals surface area contributed by atoms with Crippen molar-refractivity contribution < 1.29 is 26.7 Å². The number of likely N-dealkylation sites (tertiary alicyclic amines) is 1. The highest BCUT2D eigenvalue weighted by atomic mass is 19.2.